The summed E-state index contributed by atoms with van der Waals surface area (Å²) < 4.78 is 43.3. The largest absolute Gasteiger partial charge is 0.433 e. The second-order valence-corrected chi connectivity index (χ2v) is 5.57. The number of amides is 1. The number of anilines is 1. The molecular weight excluding hydrogens is 313 g/mol. The monoisotopic (exact) mass is 332 g/mol. The third-order valence-corrected chi connectivity index (χ3v) is 3.49. The number of nitrogens with one attached hydrogen (secondary N) is 1. The second-order valence-electron chi connectivity index (χ2n) is 5.57. The fourth-order valence-electron chi connectivity index (χ4n) is 2.22. The van der Waals surface area contributed by atoms with Crippen molar-refractivity contribution in [3.8, 4) is 0 Å². The van der Waals surface area contributed by atoms with E-state index in [0.717, 1.165) is 12.3 Å². The Morgan fingerprint density at radius 3 is 2.57 bits per heavy atom. The van der Waals surface area contributed by atoms with Gasteiger partial charge in [0.25, 0.3) is 0 Å². The molecule has 2 heterocycles. The summed E-state index contributed by atoms with van der Waals surface area (Å²) in [4.78, 5) is 21.4. The summed E-state index contributed by atoms with van der Waals surface area (Å²) in [6.45, 7) is 5.46. The summed E-state index contributed by atoms with van der Waals surface area (Å²) in [6.07, 6.45) is -3.53. The molecule has 0 radical (unpaired) electrons. The van der Waals surface area contributed by atoms with Crippen LogP contribution in [0.5, 0.6) is 0 Å². The predicted octanol–water partition coefficient (Wildman–Crippen LogP) is 1.79. The SMILES string of the molecule is CC(C)C(Nc1nccc(C(F)(F)F)n1)C(=O)N1CCOCC1. The lowest BCUT2D eigenvalue weighted by Gasteiger charge is -2.32. The van der Waals surface area contributed by atoms with Crippen molar-refractivity contribution in [3.05, 3.63) is 18.0 Å². The van der Waals surface area contributed by atoms with Gasteiger partial charge in [0.1, 0.15) is 11.7 Å². The second kappa shape index (κ2) is 7.12. The summed E-state index contributed by atoms with van der Waals surface area (Å²) in [7, 11) is 0. The van der Waals surface area contributed by atoms with Crippen LogP contribution in [0.1, 0.15) is 19.5 Å². The van der Waals surface area contributed by atoms with E-state index in [1.807, 2.05) is 13.8 Å². The van der Waals surface area contributed by atoms with Gasteiger partial charge in [0.05, 0.1) is 13.2 Å². The summed E-state index contributed by atoms with van der Waals surface area (Å²) in [5.41, 5.74) is -1.05. The van der Waals surface area contributed by atoms with E-state index in [1.54, 1.807) is 4.90 Å². The number of morpholine rings is 1. The number of carbonyl (C=O) groups is 1. The van der Waals surface area contributed by atoms with E-state index >= 15 is 0 Å². The zero-order valence-electron chi connectivity index (χ0n) is 12.9. The number of hydrogen-bond donors (Lipinski definition) is 1. The van der Waals surface area contributed by atoms with Crippen LogP contribution in [-0.2, 0) is 15.7 Å². The summed E-state index contributed by atoms with van der Waals surface area (Å²) >= 11 is 0. The molecule has 1 aliphatic rings. The molecule has 1 atom stereocenters. The number of nitrogens with zero attached hydrogens (tertiary/aromatic N) is 3. The molecule has 1 fully saturated rings. The van der Waals surface area contributed by atoms with Crippen molar-refractivity contribution >= 4 is 11.9 Å². The lowest BCUT2D eigenvalue weighted by molar-refractivity contribution is -0.141. The molecule has 6 nitrogen and oxygen atoms in total. The van der Waals surface area contributed by atoms with Crippen LogP contribution in [0.15, 0.2) is 12.3 Å². The average molecular weight is 332 g/mol. The van der Waals surface area contributed by atoms with Crippen molar-refractivity contribution in [3.63, 3.8) is 0 Å². The molecule has 1 amide bonds. The topological polar surface area (TPSA) is 67.4 Å². The van der Waals surface area contributed by atoms with E-state index in [2.05, 4.69) is 15.3 Å². The minimum Gasteiger partial charge on any atom is -0.378 e. The lowest BCUT2D eigenvalue weighted by Crippen LogP contribution is -2.50. The van der Waals surface area contributed by atoms with Crippen LogP contribution in [0, 0.1) is 5.92 Å². The molecule has 128 valence electrons. The Morgan fingerprint density at radius 1 is 1.35 bits per heavy atom. The molecule has 0 spiro atoms. The van der Waals surface area contributed by atoms with E-state index in [9.17, 15) is 18.0 Å². The van der Waals surface area contributed by atoms with E-state index in [4.69, 9.17) is 4.74 Å². The molecular formula is C14H19F3N4O2. The van der Waals surface area contributed by atoms with Gasteiger partial charge in [-0.3, -0.25) is 4.79 Å². The number of carbonyl (C=O) groups excluding carboxylic acids is 1. The van der Waals surface area contributed by atoms with Crippen molar-refractivity contribution in [1.29, 1.82) is 0 Å². The first-order valence-electron chi connectivity index (χ1n) is 7.32. The average Bonchev–Trinajstić information content (AvgIpc) is 2.52. The van der Waals surface area contributed by atoms with Gasteiger partial charge in [-0.1, -0.05) is 13.8 Å². The summed E-state index contributed by atoms with van der Waals surface area (Å²) in [6, 6.07) is 0.0934. The van der Waals surface area contributed by atoms with Crippen LogP contribution in [0.25, 0.3) is 0 Å². The molecule has 1 N–H and O–H groups in total. The number of aromatic nitrogens is 2. The molecule has 1 aromatic heterocycles. The molecule has 1 aromatic rings. The fraction of sp³-hybridized carbons (Fsp3) is 0.643. The molecule has 0 bridgehead atoms. The van der Waals surface area contributed by atoms with E-state index in [1.165, 1.54) is 0 Å². The van der Waals surface area contributed by atoms with Crippen LogP contribution in [-0.4, -0.2) is 53.1 Å². The normalized spacial score (nSPS) is 17.2. The number of hydrogen-bond acceptors (Lipinski definition) is 5. The summed E-state index contributed by atoms with van der Waals surface area (Å²) in [5, 5.41) is 2.73. The van der Waals surface area contributed by atoms with Gasteiger partial charge >= 0.3 is 6.18 Å². The van der Waals surface area contributed by atoms with Crippen molar-refractivity contribution < 1.29 is 22.7 Å². The minimum atomic E-state index is -4.55. The number of rotatable bonds is 4. The van der Waals surface area contributed by atoms with Gasteiger partial charge in [-0.15, -0.1) is 0 Å². The molecule has 1 aliphatic heterocycles. The van der Waals surface area contributed by atoms with Crippen LogP contribution < -0.4 is 5.32 Å². The highest BCUT2D eigenvalue weighted by atomic mass is 19.4. The number of halogens is 3. The van der Waals surface area contributed by atoms with Crippen molar-refractivity contribution in [2.75, 3.05) is 31.6 Å². The molecule has 0 aromatic carbocycles. The maximum Gasteiger partial charge on any atom is 0.433 e. The fourth-order valence-corrected chi connectivity index (χ4v) is 2.22. The third kappa shape index (κ3) is 4.54. The Balaban J connectivity index is 2.14. The van der Waals surface area contributed by atoms with Crippen LogP contribution in [0.3, 0.4) is 0 Å². The first-order valence-corrected chi connectivity index (χ1v) is 7.32. The van der Waals surface area contributed by atoms with Gasteiger partial charge in [0, 0.05) is 19.3 Å². The smallest absolute Gasteiger partial charge is 0.378 e. The molecule has 23 heavy (non-hydrogen) atoms. The van der Waals surface area contributed by atoms with Gasteiger partial charge < -0.3 is 15.0 Å². The molecule has 1 saturated heterocycles. The van der Waals surface area contributed by atoms with Crippen LogP contribution >= 0.6 is 0 Å². The predicted molar refractivity (Wildman–Crippen MR) is 76.7 cm³/mol. The van der Waals surface area contributed by atoms with Gasteiger partial charge in [0.2, 0.25) is 11.9 Å². The van der Waals surface area contributed by atoms with E-state index in [0.29, 0.717) is 26.3 Å². The standard InChI is InChI=1S/C14H19F3N4O2/c1-9(2)11(12(22)21-5-7-23-8-6-21)20-13-18-4-3-10(19-13)14(15,16)17/h3-4,9,11H,5-8H2,1-2H3,(H,18,19,20). The van der Waals surface area contributed by atoms with Gasteiger partial charge in [-0.25, -0.2) is 9.97 Å². The molecule has 1 unspecified atom stereocenters. The maximum atomic E-state index is 12.7. The number of alkyl halides is 3. The van der Waals surface area contributed by atoms with Crippen molar-refractivity contribution in [1.82, 2.24) is 14.9 Å². The first kappa shape index (κ1) is 17.5. The van der Waals surface area contributed by atoms with Gasteiger partial charge in [-0.05, 0) is 12.0 Å². The Labute approximate surface area is 132 Å². The molecule has 2 rings (SSSR count). The van der Waals surface area contributed by atoms with Crippen LogP contribution in [0.2, 0.25) is 0 Å². The molecule has 9 heteroatoms. The Kier molecular flexibility index (Phi) is 5.40. The van der Waals surface area contributed by atoms with Crippen molar-refractivity contribution in [2.45, 2.75) is 26.1 Å². The Bertz CT molecular complexity index is 545. The van der Waals surface area contributed by atoms with Crippen LogP contribution in [0.4, 0.5) is 19.1 Å². The molecule has 0 saturated carbocycles. The summed E-state index contributed by atoms with van der Waals surface area (Å²) in [5.74, 6) is -0.534. The van der Waals surface area contributed by atoms with Gasteiger partial charge in [0.15, 0.2) is 0 Å². The van der Waals surface area contributed by atoms with Gasteiger partial charge in [-0.2, -0.15) is 13.2 Å². The number of ether oxygens (including phenoxy) is 1. The Morgan fingerprint density at radius 2 is 2.00 bits per heavy atom. The van der Waals surface area contributed by atoms with Crippen molar-refractivity contribution in [2.24, 2.45) is 5.92 Å². The highest BCUT2D eigenvalue weighted by Crippen LogP contribution is 2.27. The Hall–Kier alpha value is -1.90. The minimum absolute atomic E-state index is 0.136. The lowest BCUT2D eigenvalue weighted by atomic mass is 10.0. The highest BCUT2D eigenvalue weighted by Gasteiger charge is 2.34. The zero-order valence-corrected chi connectivity index (χ0v) is 12.9. The third-order valence-electron chi connectivity index (χ3n) is 3.49. The quantitative estimate of drug-likeness (QED) is 0.910. The first-order chi connectivity index (χ1) is 10.8. The maximum absolute atomic E-state index is 12.7. The zero-order chi connectivity index (χ0) is 17.0. The van der Waals surface area contributed by atoms with E-state index < -0.39 is 17.9 Å². The highest BCUT2D eigenvalue weighted by molar-refractivity contribution is 5.84. The van der Waals surface area contributed by atoms with E-state index in [-0.39, 0.29) is 17.8 Å². The molecule has 0 aliphatic carbocycles.